The van der Waals surface area contributed by atoms with Crippen LogP contribution in [0.2, 0.25) is 5.02 Å². The molecule has 0 aliphatic carbocycles. The summed E-state index contributed by atoms with van der Waals surface area (Å²) in [5.74, 6) is -0.189. The Bertz CT molecular complexity index is 1140. The van der Waals surface area contributed by atoms with Crippen molar-refractivity contribution in [3.8, 4) is 6.07 Å². The fourth-order valence-electron chi connectivity index (χ4n) is 3.70. The first-order valence-electron chi connectivity index (χ1n) is 9.92. The summed E-state index contributed by atoms with van der Waals surface area (Å²) >= 11 is 6.38. The molecule has 3 heterocycles. The molecule has 3 rings (SSSR count). The van der Waals surface area contributed by atoms with E-state index in [9.17, 15) is 18.5 Å². The molecule has 10 nitrogen and oxygen atoms in total. The highest BCUT2D eigenvalue weighted by molar-refractivity contribution is 7.88. The first-order valence-corrected chi connectivity index (χ1v) is 12.2. The van der Waals surface area contributed by atoms with E-state index in [4.69, 9.17) is 16.3 Å². The van der Waals surface area contributed by atoms with E-state index in [0.29, 0.717) is 28.2 Å². The first-order chi connectivity index (χ1) is 14.6. The minimum Gasteiger partial charge on any atom is -0.459 e. The maximum Gasteiger partial charge on any atom is 0.303 e. The van der Waals surface area contributed by atoms with E-state index in [0.717, 1.165) is 12.7 Å². The summed E-state index contributed by atoms with van der Waals surface area (Å²) in [5, 5.41) is 17.6. The van der Waals surface area contributed by atoms with E-state index in [-0.39, 0.29) is 31.0 Å². The number of rotatable bonds is 6. The maximum atomic E-state index is 11.9. The average Bonchev–Trinajstić information content (AvgIpc) is 2.98. The van der Waals surface area contributed by atoms with Gasteiger partial charge in [0.05, 0.1) is 41.3 Å². The molecule has 1 saturated heterocycles. The summed E-state index contributed by atoms with van der Waals surface area (Å²) in [6, 6.07) is 1.77. The van der Waals surface area contributed by atoms with Gasteiger partial charge in [-0.05, 0) is 18.8 Å². The Morgan fingerprint density at radius 3 is 2.81 bits per heavy atom. The van der Waals surface area contributed by atoms with Crippen molar-refractivity contribution in [2.24, 2.45) is 0 Å². The Labute approximate surface area is 186 Å². The fourth-order valence-corrected chi connectivity index (χ4v) is 4.83. The van der Waals surface area contributed by atoms with Crippen molar-refractivity contribution in [3.63, 3.8) is 0 Å². The summed E-state index contributed by atoms with van der Waals surface area (Å²) < 4.78 is 32.1. The van der Waals surface area contributed by atoms with Crippen molar-refractivity contribution in [2.45, 2.75) is 51.7 Å². The van der Waals surface area contributed by atoms with Crippen LogP contribution in [-0.4, -0.2) is 64.8 Å². The number of nitrogens with one attached hydrogen (secondary N) is 1. The fraction of sp³-hybridized carbons (Fsp3) is 0.579. The molecule has 0 saturated carbocycles. The molecule has 31 heavy (non-hydrogen) atoms. The normalized spacial score (nSPS) is 20.9. The van der Waals surface area contributed by atoms with Gasteiger partial charge in [0.2, 0.25) is 16.0 Å². The molecule has 1 N–H and O–H groups in total. The van der Waals surface area contributed by atoms with Gasteiger partial charge in [-0.15, -0.1) is 5.10 Å². The summed E-state index contributed by atoms with van der Waals surface area (Å²) in [4.78, 5) is 15.9. The van der Waals surface area contributed by atoms with Gasteiger partial charge in [0, 0.05) is 13.5 Å². The van der Waals surface area contributed by atoms with Crippen molar-refractivity contribution in [1.82, 2.24) is 18.9 Å². The molecule has 3 atom stereocenters. The van der Waals surface area contributed by atoms with Gasteiger partial charge in [0.15, 0.2) is 0 Å². The van der Waals surface area contributed by atoms with Crippen molar-refractivity contribution >= 4 is 39.1 Å². The number of hydrogen-bond acceptors (Lipinski definition) is 8. The smallest absolute Gasteiger partial charge is 0.303 e. The highest BCUT2D eigenvalue weighted by Crippen LogP contribution is 2.33. The number of hydrogen-bond donors (Lipinski definition) is 1. The highest BCUT2D eigenvalue weighted by Gasteiger charge is 2.35. The third-order valence-corrected chi connectivity index (χ3v) is 7.13. The van der Waals surface area contributed by atoms with Crippen LogP contribution in [0.15, 0.2) is 6.20 Å². The molecule has 1 aliphatic heterocycles. The number of carbonyl (C=O) groups is 1. The third-order valence-electron chi connectivity index (χ3n) is 5.47. The van der Waals surface area contributed by atoms with Gasteiger partial charge >= 0.3 is 5.97 Å². The van der Waals surface area contributed by atoms with Crippen LogP contribution in [0.1, 0.15) is 50.8 Å². The molecular formula is C19H25ClN6O4S. The van der Waals surface area contributed by atoms with E-state index in [2.05, 4.69) is 21.5 Å². The zero-order valence-corrected chi connectivity index (χ0v) is 19.4. The quantitative estimate of drug-likeness (QED) is 0.638. The molecule has 0 radical (unpaired) electrons. The number of fused-ring (bicyclic) bond motifs is 1. The van der Waals surface area contributed by atoms with Gasteiger partial charge in [0.1, 0.15) is 17.7 Å². The number of ether oxygens (including phenoxy) is 1. The summed E-state index contributed by atoms with van der Waals surface area (Å²) in [6.07, 6.45) is 3.17. The van der Waals surface area contributed by atoms with E-state index in [1.165, 1.54) is 17.4 Å². The van der Waals surface area contributed by atoms with Crippen molar-refractivity contribution in [2.75, 3.05) is 24.7 Å². The number of nitrogens with zero attached hydrogens (tertiary/aromatic N) is 5. The zero-order chi connectivity index (χ0) is 22.9. The molecule has 0 amide bonds. The van der Waals surface area contributed by atoms with E-state index >= 15 is 0 Å². The Kier molecular flexibility index (Phi) is 6.73. The van der Waals surface area contributed by atoms with Crippen LogP contribution in [0, 0.1) is 11.3 Å². The van der Waals surface area contributed by atoms with Crippen LogP contribution in [0.5, 0.6) is 0 Å². The lowest BCUT2D eigenvalue weighted by molar-refractivity contribution is -0.148. The topological polar surface area (TPSA) is 130 Å². The Hall–Kier alpha value is -2.42. The van der Waals surface area contributed by atoms with Crippen LogP contribution >= 0.6 is 11.6 Å². The molecule has 0 spiro atoms. The molecule has 0 aromatic carbocycles. The van der Waals surface area contributed by atoms with Gasteiger partial charge in [-0.2, -0.15) is 9.57 Å². The van der Waals surface area contributed by atoms with Crippen molar-refractivity contribution < 1.29 is 17.9 Å². The minimum atomic E-state index is -3.41. The second-order valence-electron chi connectivity index (χ2n) is 7.68. The van der Waals surface area contributed by atoms with E-state index in [1.54, 1.807) is 4.52 Å². The average molecular weight is 469 g/mol. The van der Waals surface area contributed by atoms with Crippen LogP contribution in [-0.2, 0) is 19.6 Å². The summed E-state index contributed by atoms with van der Waals surface area (Å²) in [5.41, 5.74) is 1.61. The van der Waals surface area contributed by atoms with Gasteiger partial charge in [-0.3, -0.25) is 4.79 Å². The molecule has 1 fully saturated rings. The lowest BCUT2D eigenvalue weighted by Gasteiger charge is -2.36. The molecule has 0 bridgehead atoms. The predicted octanol–water partition coefficient (Wildman–Crippen LogP) is 2.15. The number of piperidine rings is 1. The monoisotopic (exact) mass is 468 g/mol. The largest absolute Gasteiger partial charge is 0.459 e. The number of carbonyl (C=O) groups excluding carboxylic acids is 1. The maximum absolute atomic E-state index is 11.9. The second-order valence-corrected chi connectivity index (χ2v) is 10.0. The predicted molar refractivity (Wildman–Crippen MR) is 115 cm³/mol. The molecule has 2 aromatic rings. The number of nitriles is 1. The standard InChI is InChI=1S/C19H25ClN6O4S/c1-5-11(2)18-13(8-21)17(20)15-9-22-19(24-26(15)18)23-14-6-7-25(31(4,28)29)10-16(14)30-12(3)27/h9,11,14,16H,5-7,10H2,1-4H3,(H,23,24)/t11?,14-,16-/m1/s1. The second kappa shape index (κ2) is 8.98. The molecule has 2 aromatic heterocycles. The zero-order valence-electron chi connectivity index (χ0n) is 17.8. The molecule has 12 heteroatoms. The Morgan fingerprint density at radius 2 is 2.23 bits per heavy atom. The summed E-state index contributed by atoms with van der Waals surface area (Å²) in [7, 11) is -3.41. The van der Waals surface area contributed by atoms with E-state index < -0.39 is 22.1 Å². The SMILES string of the molecule is CCC(C)c1c(C#N)c(Cl)c2cnc(N[C@@H]3CCN(S(C)(=O)=O)C[C@H]3OC(C)=O)nn12. The van der Waals surface area contributed by atoms with Crippen LogP contribution in [0.4, 0.5) is 5.95 Å². The number of halogens is 1. The molecule has 1 aliphatic rings. The summed E-state index contributed by atoms with van der Waals surface area (Å²) in [6.45, 7) is 5.61. The number of sulfonamides is 1. The van der Waals surface area contributed by atoms with Crippen molar-refractivity contribution in [3.05, 3.63) is 22.5 Å². The number of anilines is 1. The lowest BCUT2D eigenvalue weighted by atomic mass is 10.0. The number of aromatic nitrogens is 3. The Morgan fingerprint density at radius 1 is 1.52 bits per heavy atom. The van der Waals surface area contributed by atoms with Crippen LogP contribution in [0.25, 0.3) is 5.52 Å². The number of esters is 1. The third kappa shape index (κ3) is 4.76. The van der Waals surface area contributed by atoms with Crippen LogP contribution in [0.3, 0.4) is 0 Å². The Balaban J connectivity index is 1.95. The van der Waals surface area contributed by atoms with Gasteiger partial charge in [-0.25, -0.2) is 17.9 Å². The first kappa shape index (κ1) is 23.2. The molecular weight excluding hydrogens is 444 g/mol. The van der Waals surface area contributed by atoms with Gasteiger partial charge in [-0.1, -0.05) is 25.4 Å². The van der Waals surface area contributed by atoms with Crippen LogP contribution < -0.4 is 5.32 Å². The highest BCUT2D eigenvalue weighted by atomic mass is 35.5. The van der Waals surface area contributed by atoms with Gasteiger partial charge in [0.25, 0.3) is 0 Å². The lowest BCUT2D eigenvalue weighted by Crippen LogP contribution is -2.53. The molecule has 1 unspecified atom stereocenters. The molecule has 168 valence electrons. The minimum absolute atomic E-state index is 0.0456. The van der Waals surface area contributed by atoms with Crippen molar-refractivity contribution in [1.29, 1.82) is 5.26 Å². The van der Waals surface area contributed by atoms with Gasteiger partial charge < -0.3 is 10.1 Å². The van der Waals surface area contributed by atoms with E-state index in [1.807, 2.05) is 13.8 Å².